The largest absolute Gasteiger partial charge is 0.483 e. The van der Waals surface area contributed by atoms with Crippen LogP contribution in [0.2, 0.25) is 5.02 Å². The molecule has 3 rings (SSSR count). The van der Waals surface area contributed by atoms with Crippen LogP contribution in [0.25, 0.3) is 10.6 Å². The number of benzene rings is 2. The van der Waals surface area contributed by atoms with Crippen molar-refractivity contribution in [3.05, 3.63) is 58.1 Å². The van der Waals surface area contributed by atoms with Gasteiger partial charge in [0.15, 0.2) is 6.61 Å². The van der Waals surface area contributed by atoms with Crippen molar-refractivity contribution in [2.45, 2.75) is 20.8 Å². The van der Waals surface area contributed by atoms with Crippen LogP contribution in [0, 0.1) is 20.8 Å². The summed E-state index contributed by atoms with van der Waals surface area (Å²) in [6.07, 6.45) is 0. The third-order valence-corrected chi connectivity index (χ3v) is 5.03. The van der Waals surface area contributed by atoms with Gasteiger partial charge in [0.05, 0.1) is 0 Å². The molecule has 1 aromatic heterocycles. The topological polar surface area (TPSA) is 64.1 Å². The van der Waals surface area contributed by atoms with Crippen LogP contribution >= 0.6 is 22.9 Å². The molecule has 1 amide bonds. The van der Waals surface area contributed by atoms with Gasteiger partial charge in [-0.25, -0.2) is 0 Å². The number of halogens is 1. The van der Waals surface area contributed by atoms with Crippen molar-refractivity contribution in [1.29, 1.82) is 0 Å². The number of rotatable bonds is 5. The number of amides is 1. The predicted molar refractivity (Wildman–Crippen MR) is 105 cm³/mol. The van der Waals surface area contributed by atoms with Gasteiger partial charge in [0.25, 0.3) is 5.91 Å². The number of aromatic nitrogens is 2. The zero-order valence-electron chi connectivity index (χ0n) is 14.7. The van der Waals surface area contributed by atoms with E-state index in [2.05, 4.69) is 21.6 Å². The molecule has 0 fully saturated rings. The fourth-order valence-electron chi connectivity index (χ4n) is 2.43. The molecule has 0 bridgehead atoms. The number of ether oxygens (including phenoxy) is 1. The highest BCUT2D eigenvalue weighted by molar-refractivity contribution is 7.18. The summed E-state index contributed by atoms with van der Waals surface area (Å²) >= 11 is 7.18. The Morgan fingerprint density at radius 1 is 1.15 bits per heavy atom. The molecule has 26 heavy (non-hydrogen) atoms. The van der Waals surface area contributed by atoms with Gasteiger partial charge in [0.2, 0.25) is 5.13 Å². The minimum absolute atomic E-state index is 0.0837. The first-order valence-electron chi connectivity index (χ1n) is 8.02. The van der Waals surface area contributed by atoms with Gasteiger partial charge in [-0.1, -0.05) is 41.1 Å². The van der Waals surface area contributed by atoms with E-state index in [-0.39, 0.29) is 12.5 Å². The van der Waals surface area contributed by atoms with Gasteiger partial charge >= 0.3 is 0 Å². The van der Waals surface area contributed by atoms with Crippen molar-refractivity contribution < 1.29 is 9.53 Å². The molecule has 0 aliphatic rings. The van der Waals surface area contributed by atoms with E-state index in [0.717, 1.165) is 28.0 Å². The summed E-state index contributed by atoms with van der Waals surface area (Å²) in [6, 6.07) is 11.3. The van der Waals surface area contributed by atoms with E-state index < -0.39 is 0 Å². The number of aryl methyl sites for hydroxylation is 2. The highest BCUT2D eigenvalue weighted by atomic mass is 35.5. The molecule has 2 aromatic carbocycles. The van der Waals surface area contributed by atoms with Crippen LogP contribution in [-0.4, -0.2) is 22.7 Å². The molecule has 0 aliphatic heterocycles. The number of carbonyl (C=O) groups excluding carboxylic acids is 1. The lowest BCUT2D eigenvalue weighted by Gasteiger charge is -2.11. The second-order valence-electron chi connectivity index (χ2n) is 5.96. The lowest BCUT2D eigenvalue weighted by atomic mass is 10.1. The molecule has 5 nitrogen and oxygen atoms in total. The molecule has 0 saturated carbocycles. The zero-order chi connectivity index (χ0) is 18.7. The molecule has 1 heterocycles. The van der Waals surface area contributed by atoms with Crippen LogP contribution in [-0.2, 0) is 4.79 Å². The maximum Gasteiger partial charge on any atom is 0.264 e. The van der Waals surface area contributed by atoms with E-state index in [1.54, 1.807) is 12.1 Å². The van der Waals surface area contributed by atoms with Gasteiger partial charge < -0.3 is 4.74 Å². The zero-order valence-corrected chi connectivity index (χ0v) is 16.2. The standard InChI is InChI=1S/C19H18ClN3O2S/c1-11-8-12(2)13(3)16(9-11)25-10-17(24)21-19-23-22-18(26-19)14-4-6-15(20)7-5-14/h4-9H,10H2,1-3H3,(H,21,23,24). The Labute approximate surface area is 161 Å². The van der Waals surface area contributed by atoms with Gasteiger partial charge in [-0.05, 0) is 55.7 Å². The number of nitrogens with one attached hydrogen (secondary N) is 1. The number of hydrogen-bond acceptors (Lipinski definition) is 5. The monoisotopic (exact) mass is 387 g/mol. The second kappa shape index (κ2) is 7.85. The Balaban J connectivity index is 1.61. The first-order chi connectivity index (χ1) is 12.4. The molecule has 0 radical (unpaired) electrons. The SMILES string of the molecule is Cc1cc(C)c(C)c(OCC(=O)Nc2nnc(-c3ccc(Cl)cc3)s2)c1. The lowest BCUT2D eigenvalue weighted by molar-refractivity contribution is -0.118. The summed E-state index contributed by atoms with van der Waals surface area (Å²) in [5, 5.41) is 12.6. The summed E-state index contributed by atoms with van der Waals surface area (Å²) in [5.41, 5.74) is 4.16. The van der Waals surface area contributed by atoms with Crippen molar-refractivity contribution in [3.63, 3.8) is 0 Å². The molecule has 7 heteroatoms. The van der Waals surface area contributed by atoms with Crippen molar-refractivity contribution in [1.82, 2.24) is 10.2 Å². The van der Waals surface area contributed by atoms with Crippen molar-refractivity contribution >= 4 is 34.0 Å². The average Bonchev–Trinajstić information content (AvgIpc) is 3.06. The Hall–Kier alpha value is -2.44. The van der Waals surface area contributed by atoms with Crippen molar-refractivity contribution in [3.8, 4) is 16.3 Å². The summed E-state index contributed by atoms with van der Waals surface area (Å²) in [6.45, 7) is 5.92. The van der Waals surface area contributed by atoms with Crippen molar-refractivity contribution in [2.75, 3.05) is 11.9 Å². The summed E-state index contributed by atoms with van der Waals surface area (Å²) in [7, 11) is 0. The van der Waals surface area contributed by atoms with Gasteiger partial charge in [-0.3, -0.25) is 10.1 Å². The Kier molecular flexibility index (Phi) is 5.54. The van der Waals surface area contributed by atoms with E-state index >= 15 is 0 Å². The fraction of sp³-hybridized carbons (Fsp3) is 0.211. The number of carbonyl (C=O) groups is 1. The average molecular weight is 388 g/mol. The first-order valence-corrected chi connectivity index (χ1v) is 9.22. The highest BCUT2D eigenvalue weighted by Crippen LogP contribution is 2.27. The minimum atomic E-state index is -0.276. The lowest BCUT2D eigenvalue weighted by Crippen LogP contribution is -2.20. The second-order valence-corrected chi connectivity index (χ2v) is 7.38. The van der Waals surface area contributed by atoms with Crippen molar-refractivity contribution in [2.24, 2.45) is 0 Å². The van der Waals surface area contributed by atoms with Gasteiger partial charge in [0, 0.05) is 10.6 Å². The van der Waals surface area contributed by atoms with E-state index in [4.69, 9.17) is 16.3 Å². The maximum atomic E-state index is 12.1. The normalized spacial score (nSPS) is 10.6. The molecule has 0 atom stereocenters. The van der Waals surface area contributed by atoms with Crippen LogP contribution in [0.15, 0.2) is 36.4 Å². The van der Waals surface area contributed by atoms with Crippen LogP contribution in [0.5, 0.6) is 5.75 Å². The summed E-state index contributed by atoms with van der Waals surface area (Å²) in [5.74, 6) is 0.444. The Bertz CT molecular complexity index is 938. The van der Waals surface area contributed by atoms with E-state index in [9.17, 15) is 4.79 Å². The molecular formula is C19H18ClN3O2S. The molecule has 3 aromatic rings. The first kappa shape index (κ1) is 18.4. The van der Waals surface area contributed by atoms with Crippen LogP contribution in [0.3, 0.4) is 0 Å². The molecular weight excluding hydrogens is 370 g/mol. The van der Waals surface area contributed by atoms with Gasteiger partial charge in [-0.2, -0.15) is 0 Å². The van der Waals surface area contributed by atoms with E-state index in [1.807, 2.05) is 39.0 Å². The van der Waals surface area contributed by atoms with Crippen LogP contribution < -0.4 is 10.1 Å². The summed E-state index contributed by atoms with van der Waals surface area (Å²) < 4.78 is 5.67. The van der Waals surface area contributed by atoms with Gasteiger partial charge in [-0.15, -0.1) is 10.2 Å². The molecule has 0 unspecified atom stereocenters. The number of anilines is 1. The number of nitrogens with zero attached hydrogens (tertiary/aromatic N) is 2. The smallest absolute Gasteiger partial charge is 0.264 e. The minimum Gasteiger partial charge on any atom is -0.483 e. The molecule has 1 N–H and O–H groups in total. The third kappa shape index (κ3) is 4.39. The molecule has 0 aliphatic carbocycles. The van der Waals surface area contributed by atoms with Gasteiger partial charge in [0.1, 0.15) is 10.8 Å². The summed E-state index contributed by atoms with van der Waals surface area (Å²) in [4.78, 5) is 12.1. The molecule has 134 valence electrons. The molecule has 0 saturated heterocycles. The predicted octanol–water partition coefficient (Wildman–Crippen LogP) is 4.80. The quantitative estimate of drug-likeness (QED) is 0.682. The fourth-order valence-corrected chi connectivity index (χ4v) is 3.32. The Morgan fingerprint density at radius 2 is 1.88 bits per heavy atom. The number of hydrogen-bond donors (Lipinski definition) is 1. The van der Waals surface area contributed by atoms with E-state index in [1.165, 1.54) is 11.3 Å². The third-order valence-electron chi connectivity index (χ3n) is 3.89. The molecule has 0 spiro atoms. The Morgan fingerprint density at radius 3 is 2.62 bits per heavy atom. The van der Waals surface area contributed by atoms with Crippen LogP contribution in [0.1, 0.15) is 16.7 Å². The van der Waals surface area contributed by atoms with E-state index in [0.29, 0.717) is 15.2 Å². The van der Waals surface area contributed by atoms with Crippen LogP contribution in [0.4, 0.5) is 5.13 Å². The highest BCUT2D eigenvalue weighted by Gasteiger charge is 2.11. The maximum absolute atomic E-state index is 12.1.